The normalized spacial score (nSPS) is 12.7. The molecule has 1 atom stereocenters. The molecule has 2 rings (SSSR count). The van der Waals surface area contributed by atoms with Gasteiger partial charge in [-0.2, -0.15) is 0 Å². The quantitative estimate of drug-likeness (QED) is 0.889. The number of benzene rings is 1. The van der Waals surface area contributed by atoms with Gasteiger partial charge in [-0.15, -0.1) is 11.3 Å². The Labute approximate surface area is 103 Å². The average Bonchev–Trinajstić information content (AvgIpc) is 2.70. The van der Waals surface area contributed by atoms with Crippen LogP contribution in [0.5, 0.6) is 0 Å². The third kappa shape index (κ3) is 2.70. The van der Waals surface area contributed by atoms with E-state index in [2.05, 4.69) is 0 Å². The van der Waals surface area contributed by atoms with Crippen LogP contribution in [0.4, 0.5) is 8.78 Å². The zero-order valence-electron chi connectivity index (χ0n) is 9.41. The number of halogens is 2. The molecule has 0 fully saturated rings. The van der Waals surface area contributed by atoms with Crippen LogP contribution < -0.4 is 5.73 Å². The van der Waals surface area contributed by atoms with E-state index in [4.69, 9.17) is 5.73 Å². The van der Waals surface area contributed by atoms with Gasteiger partial charge in [-0.25, -0.2) is 8.78 Å². The van der Waals surface area contributed by atoms with Crippen LogP contribution in [0.1, 0.15) is 22.0 Å². The van der Waals surface area contributed by atoms with E-state index in [1.54, 1.807) is 17.4 Å². The van der Waals surface area contributed by atoms with E-state index in [9.17, 15) is 8.78 Å². The lowest BCUT2D eigenvalue weighted by molar-refractivity contribution is 0.506. The third-order valence-electron chi connectivity index (χ3n) is 2.68. The molecule has 90 valence electrons. The number of aryl methyl sites for hydroxylation is 1. The van der Waals surface area contributed by atoms with Crippen molar-refractivity contribution in [3.8, 4) is 0 Å². The number of nitrogens with two attached hydrogens (primary N) is 1. The molecule has 0 bridgehead atoms. The van der Waals surface area contributed by atoms with Crippen LogP contribution in [0, 0.1) is 18.6 Å². The van der Waals surface area contributed by atoms with Crippen molar-refractivity contribution < 1.29 is 8.78 Å². The van der Waals surface area contributed by atoms with Gasteiger partial charge in [0.1, 0.15) is 0 Å². The van der Waals surface area contributed by atoms with Crippen LogP contribution >= 0.6 is 11.3 Å². The Kier molecular flexibility index (Phi) is 3.54. The van der Waals surface area contributed by atoms with Gasteiger partial charge in [-0.1, -0.05) is 6.07 Å². The van der Waals surface area contributed by atoms with Crippen molar-refractivity contribution in [3.05, 3.63) is 57.3 Å². The standard InChI is InChI=1S/C13H13F2NS/c1-8-4-5-17-13(8)12(16)7-9-2-3-10(14)11(15)6-9/h2-6,12H,7,16H2,1H3. The lowest BCUT2D eigenvalue weighted by Gasteiger charge is -2.11. The predicted molar refractivity (Wildman–Crippen MR) is 66.0 cm³/mol. The molecule has 1 unspecified atom stereocenters. The molecule has 0 radical (unpaired) electrons. The second kappa shape index (κ2) is 4.94. The fourth-order valence-electron chi connectivity index (χ4n) is 1.78. The Morgan fingerprint density at radius 1 is 1.24 bits per heavy atom. The smallest absolute Gasteiger partial charge is 0.159 e. The highest BCUT2D eigenvalue weighted by Gasteiger charge is 2.12. The largest absolute Gasteiger partial charge is 0.323 e. The topological polar surface area (TPSA) is 26.0 Å². The molecule has 0 amide bonds. The van der Waals surface area contributed by atoms with Gasteiger partial charge in [0.25, 0.3) is 0 Å². The van der Waals surface area contributed by atoms with Gasteiger partial charge in [0, 0.05) is 10.9 Å². The summed E-state index contributed by atoms with van der Waals surface area (Å²) in [5.74, 6) is -1.65. The van der Waals surface area contributed by atoms with Crippen molar-refractivity contribution in [1.82, 2.24) is 0 Å². The molecular weight excluding hydrogens is 240 g/mol. The van der Waals surface area contributed by atoms with Crippen LogP contribution in [0.15, 0.2) is 29.6 Å². The molecular formula is C13H13F2NS. The Bertz CT molecular complexity index is 522. The average molecular weight is 253 g/mol. The fraction of sp³-hybridized carbons (Fsp3) is 0.231. The van der Waals surface area contributed by atoms with Crippen molar-refractivity contribution in [2.75, 3.05) is 0 Å². The van der Waals surface area contributed by atoms with Crippen molar-refractivity contribution in [2.24, 2.45) is 5.73 Å². The Hall–Kier alpha value is -1.26. The fourth-order valence-corrected chi connectivity index (χ4v) is 2.71. The lowest BCUT2D eigenvalue weighted by Crippen LogP contribution is -2.13. The summed E-state index contributed by atoms with van der Waals surface area (Å²) in [4.78, 5) is 1.09. The Morgan fingerprint density at radius 3 is 2.59 bits per heavy atom. The summed E-state index contributed by atoms with van der Waals surface area (Å²) in [5, 5.41) is 1.98. The summed E-state index contributed by atoms with van der Waals surface area (Å²) in [6.07, 6.45) is 0.512. The van der Waals surface area contributed by atoms with Crippen LogP contribution in [-0.2, 0) is 6.42 Å². The van der Waals surface area contributed by atoms with Gasteiger partial charge in [0.2, 0.25) is 0 Å². The molecule has 2 N–H and O–H groups in total. The Balaban J connectivity index is 2.16. The van der Waals surface area contributed by atoms with E-state index >= 15 is 0 Å². The van der Waals surface area contributed by atoms with Gasteiger partial charge in [-0.05, 0) is 48.1 Å². The number of thiophene rings is 1. The molecule has 0 saturated heterocycles. The summed E-state index contributed by atoms with van der Waals surface area (Å²) in [6, 6.07) is 5.75. The molecule has 1 nitrogen and oxygen atoms in total. The maximum atomic E-state index is 13.0. The monoisotopic (exact) mass is 253 g/mol. The first-order chi connectivity index (χ1) is 8.08. The molecule has 17 heavy (non-hydrogen) atoms. The van der Waals surface area contributed by atoms with Crippen LogP contribution in [0.25, 0.3) is 0 Å². The lowest BCUT2D eigenvalue weighted by atomic mass is 10.0. The zero-order valence-corrected chi connectivity index (χ0v) is 10.2. The van der Waals surface area contributed by atoms with Gasteiger partial charge < -0.3 is 5.73 Å². The molecule has 0 saturated carbocycles. The summed E-state index contributed by atoms with van der Waals surface area (Å²) >= 11 is 1.59. The van der Waals surface area contributed by atoms with Crippen molar-refractivity contribution in [1.29, 1.82) is 0 Å². The first-order valence-corrected chi connectivity index (χ1v) is 6.19. The van der Waals surface area contributed by atoms with Crippen LogP contribution in [-0.4, -0.2) is 0 Å². The molecule has 0 aliphatic carbocycles. The van der Waals surface area contributed by atoms with Crippen molar-refractivity contribution in [3.63, 3.8) is 0 Å². The van der Waals surface area contributed by atoms with E-state index in [0.717, 1.165) is 16.5 Å². The van der Waals surface area contributed by atoms with E-state index < -0.39 is 11.6 Å². The number of hydrogen-bond acceptors (Lipinski definition) is 2. The minimum Gasteiger partial charge on any atom is -0.323 e. The van der Waals surface area contributed by atoms with E-state index in [1.807, 2.05) is 18.4 Å². The summed E-state index contributed by atoms with van der Waals surface area (Å²) in [7, 11) is 0. The molecule has 1 aromatic carbocycles. The van der Waals surface area contributed by atoms with Gasteiger partial charge >= 0.3 is 0 Å². The zero-order chi connectivity index (χ0) is 12.4. The van der Waals surface area contributed by atoms with Gasteiger partial charge in [0.05, 0.1) is 0 Å². The van der Waals surface area contributed by atoms with Gasteiger partial charge in [0.15, 0.2) is 11.6 Å². The van der Waals surface area contributed by atoms with E-state index in [-0.39, 0.29) is 6.04 Å². The second-order valence-electron chi connectivity index (χ2n) is 4.03. The highest BCUT2D eigenvalue weighted by Crippen LogP contribution is 2.25. The highest BCUT2D eigenvalue weighted by molar-refractivity contribution is 7.10. The molecule has 1 heterocycles. The van der Waals surface area contributed by atoms with Crippen LogP contribution in [0.2, 0.25) is 0 Å². The molecule has 0 aliphatic rings. The predicted octanol–water partition coefficient (Wildman–Crippen LogP) is 3.58. The molecule has 0 spiro atoms. The van der Waals surface area contributed by atoms with Crippen LogP contribution in [0.3, 0.4) is 0 Å². The van der Waals surface area contributed by atoms with Gasteiger partial charge in [-0.3, -0.25) is 0 Å². The number of hydrogen-bond donors (Lipinski definition) is 1. The molecule has 4 heteroatoms. The molecule has 1 aromatic heterocycles. The third-order valence-corrected chi connectivity index (χ3v) is 3.83. The first-order valence-electron chi connectivity index (χ1n) is 5.31. The van der Waals surface area contributed by atoms with E-state index in [1.165, 1.54) is 6.07 Å². The maximum absolute atomic E-state index is 13.0. The molecule has 0 aliphatic heterocycles. The van der Waals surface area contributed by atoms with Crippen molar-refractivity contribution in [2.45, 2.75) is 19.4 Å². The van der Waals surface area contributed by atoms with Crippen molar-refractivity contribution >= 4 is 11.3 Å². The van der Waals surface area contributed by atoms with E-state index in [0.29, 0.717) is 12.0 Å². The molecule has 2 aromatic rings. The number of rotatable bonds is 3. The Morgan fingerprint density at radius 2 is 2.00 bits per heavy atom. The summed E-state index contributed by atoms with van der Waals surface area (Å²) in [6.45, 7) is 2.00. The minimum atomic E-state index is -0.824. The maximum Gasteiger partial charge on any atom is 0.159 e. The minimum absolute atomic E-state index is 0.167. The summed E-state index contributed by atoms with van der Waals surface area (Å²) in [5.41, 5.74) is 7.91. The first kappa shape index (κ1) is 12.2. The second-order valence-corrected chi connectivity index (χ2v) is 4.97. The highest BCUT2D eigenvalue weighted by atomic mass is 32.1. The SMILES string of the molecule is Cc1ccsc1C(N)Cc1ccc(F)c(F)c1. The summed E-state index contributed by atoms with van der Waals surface area (Å²) < 4.78 is 25.8.